The Morgan fingerprint density at radius 2 is 2.08 bits per heavy atom. The smallest absolute Gasteiger partial charge is 0.224 e. The average molecular weight is 184 g/mol. The van der Waals surface area contributed by atoms with Gasteiger partial charge in [-0.1, -0.05) is 12.8 Å². The van der Waals surface area contributed by atoms with Crippen LogP contribution in [0.1, 0.15) is 25.7 Å². The van der Waals surface area contributed by atoms with E-state index in [4.69, 9.17) is 0 Å². The lowest BCUT2D eigenvalue weighted by molar-refractivity contribution is -0.126. The van der Waals surface area contributed by atoms with Crippen molar-refractivity contribution in [3.8, 4) is 0 Å². The van der Waals surface area contributed by atoms with E-state index in [1.165, 1.54) is 0 Å². The molecule has 2 N–H and O–H groups in total. The van der Waals surface area contributed by atoms with Crippen molar-refractivity contribution in [3.63, 3.8) is 0 Å². The van der Waals surface area contributed by atoms with E-state index >= 15 is 0 Å². The van der Waals surface area contributed by atoms with Crippen LogP contribution in [-0.4, -0.2) is 25.4 Å². The third kappa shape index (κ3) is 2.44. The summed E-state index contributed by atoms with van der Waals surface area (Å²) >= 11 is 0. The number of carbonyl (C=O) groups excluding carboxylic acids is 2. The van der Waals surface area contributed by atoms with E-state index in [0.29, 0.717) is 6.41 Å². The average Bonchev–Trinajstić information content (AvgIpc) is 2.18. The molecule has 2 amide bonds. The van der Waals surface area contributed by atoms with Gasteiger partial charge in [0.15, 0.2) is 0 Å². The fourth-order valence-electron chi connectivity index (χ4n) is 1.92. The Morgan fingerprint density at radius 1 is 1.38 bits per heavy atom. The van der Waals surface area contributed by atoms with Crippen LogP contribution >= 0.6 is 0 Å². The number of carbonyl (C=O) groups is 2. The zero-order valence-electron chi connectivity index (χ0n) is 7.88. The summed E-state index contributed by atoms with van der Waals surface area (Å²) in [7, 11) is 1.63. The highest BCUT2D eigenvalue weighted by Crippen LogP contribution is 2.24. The van der Waals surface area contributed by atoms with Gasteiger partial charge in [0.05, 0.1) is 5.92 Å². The third-order valence-corrected chi connectivity index (χ3v) is 2.63. The van der Waals surface area contributed by atoms with E-state index in [1.807, 2.05) is 0 Å². The molecule has 1 fully saturated rings. The highest BCUT2D eigenvalue weighted by Gasteiger charge is 2.29. The highest BCUT2D eigenvalue weighted by molar-refractivity contribution is 5.79. The van der Waals surface area contributed by atoms with Crippen molar-refractivity contribution in [1.82, 2.24) is 10.6 Å². The summed E-state index contributed by atoms with van der Waals surface area (Å²) in [6, 6.07) is 0.0335. The minimum absolute atomic E-state index is 0.0335. The Kier molecular flexibility index (Phi) is 3.73. The zero-order valence-corrected chi connectivity index (χ0v) is 7.88. The summed E-state index contributed by atoms with van der Waals surface area (Å²) < 4.78 is 0. The molecule has 0 bridgehead atoms. The van der Waals surface area contributed by atoms with Gasteiger partial charge in [0.25, 0.3) is 0 Å². The van der Waals surface area contributed by atoms with Crippen molar-refractivity contribution >= 4 is 12.3 Å². The second kappa shape index (κ2) is 4.84. The highest BCUT2D eigenvalue weighted by atomic mass is 16.2. The molecule has 0 aromatic carbocycles. The van der Waals surface area contributed by atoms with Crippen LogP contribution in [0.2, 0.25) is 0 Å². The van der Waals surface area contributed by atoms with Gasteiger partial charge in [-0.3, -0.25) is 9.59 Å². The van der Waals surface area contributed by atoms with Crippen LogP contribution in [-0.2, 0) is 9.59 Å². The monoisotopic (exact) mass is 184 g/mol. The predicted octanol–water partition coefficient (Wildman–Crippen LogP) is 0.0372. The third-order valence-electron chi connectivity index (χ3n) is 2.63. The summed E-state index contributed by atoms with van der Waals surface area (Å²) in [4.78, 5) is 21.7. The fourth-order valence-corrected chi connectivity index (χ4v) is 1.92. The van der Waals surface area contributed by atoms with Crippen LogP contribution in [0.3, 0.4) is 0 Å². The lowest BCUT2D eigenvalue weighted by Crippen LogP contribution is -2.45. The van der Waals surface area contributed by atoms with Gasteiger partial charge in [0, 0.05) is 13.1 Å². The first-order chi connectivity index (χ1) is 6.29. The predicted molar refractivity (Wildman–Crippen MR) is 49.0 cm³/mol. The van der Waals surface area contributed by atoms with Crippen LogP contribution in [0.25, 0.3) is 0 Å². The van der Waals surface area contributed by atoms with Gasteiger partial charge in [-0.2, -0.15) is 0 Å². The maximum atomic E-state index is 11.4. The molecule has 4 heteroatoms. The molecule has 2 unspecified atom stereocenters. The molecule has 0 radical (unpaired) electrons. The van der Waals surface area contributed by atoms with Crippen molar-refractivity contribution in [1.29, 1.82) is 0 Å². The quantitative estimate of drug-likeness (QED) is 0.608. The topological polar surface area (TPSA) is 58.2 Å². The molecular weight excluding hydrogens is 168 g/mol. The summed E-state index contributed by atoms with van der Waals surface area (Å²) in [5, 5.41) is 5.34. The SMILES string of the molecule is CNC(=O)C1CCCCC1NC=O. The molecule has 74 valence electrons. The van der Waals surface area contributed by atoms with E-state index in [9.17, 15) is 9.59 Å². The van der Waals surface area contributed by atoms with Crippen LogP contribution in [0.5, 0.6) is 0 Å². The molecule has 0 spiro atoms. The molecule has 0 saturated heterocycles. The lowest BCUT2D eigenvalue weighted by Gasteiger charge is -2.29. The van der Waals surface area contributed by atoms with Crippen LogP contribution in [0.4, 0.5) is 0 Å². The van der Waals surface area contributed by atoms with E-state index in [-0.39, 0.29) is 17.9 Å². The van der Waals surface area contributed by atoms with Gasteiger partial charge in [-0.25, -0.2) is 0 Å². The second-order valence-corrected chi connectivity index (χ2v) is 3.40. The molecule has 1 saturated carbocycles. The van der Waals surface area contributed by atoms with Crippen LogP contribution in [0.15, 0.2) is 0 Å². The molecule has 0 heterocycles. The first-order valence-electron chi connectivity index (χ1n) is 4.71. The van der Waals surface area contributed by atoms with E-state index in [2.05, 4.69) is 10.6 Å². The van der Waals surface area contributed by atoms with Gasteiger partial charge in [-0.05, 0) is 12.8 Å². The molecule has 1 rings (SSSR count). The van der Waals surface area contributed by atoms with Gasteiger partial charge >= 0.3 is 0 Å². The molecule has 2 atom stereocenters. The Balaban J connectivity index is 2.55. The van der Waals surface area contributed by atoms with Crippen molar-refractivity contribution in [2.24, 2.45) is 5.92 Å². The lowest BCUT2D eigenvalue weighted by atomic mass is 9.84. The van der Waals surface area contributed by atoms with Crippen molar-refractivity contribution in [2.45, 2.75) is 31.7 Å². The Hall–Kier alpha value is -1.06. The number of rotatable bonds is 3. The number of hydrogen-bond acceptors (Lipinski definition) is 2. The second-order valence-electron chi connectivity index (χ2n) is 3.40. The number of hydrogen-bond donors (Lipinski definition) is 2. The first-order valence-corrected chi connectivity index (χ1v) is 4.71. The molecule has 4 nitrogen and oxygen atoms in total. The number of amides is 2. The largest absolute Gasteiger partial charge is 0.359 e. The molecular formula is C9H16N2O2. The normalized spacial score (nSPS) is 27.8. The summed E-state index contributed by atoms with van der Waals surface area (Å²) in [6.07, 6.45) is 4.65. The summed E-state index contributed by atoms with van der Waals surface area (Å²) in [5.41, 5.74) is 0. The van der Waals surface area contributed by atoms with Crippen LogP contribution < -0.4 is 10.6 Å². The van der Waals surface area contributed by atoms with Gasteiger partial charge in [0.1, 0.15) is 0 Å². The summed E-state index contributed by atoms with van der Waals surface area (Å²) in [5.74, 6) is 0.00278. The van der Waals surface area contributed by atoms with E-state index < -0.39 is 0 Å². The minimum atomic E-state index is -0.0380. The first kappa shape index (κ1) is 10.0. The minimum Gasteiger partial charge on any atom is -0.359 e. The standard InChI is InChI=1S/C9H16N2O2/c1-10-9(13)7-4-2-3-5-8(7)11-6-12/h6-8H,2-5H2,1H3,(H,10,13)(H,11,12). The molecule has 0 aromatic heterocycles. The maximum Gasteiger partial charge on any atom is 0.224 e. The van der Waals surface area contributed by atoms with Crippen molar-refractivity contribution in [2.75, 3.05) is 7.05 Å². The molecule has 0 aliphatic heterocycles. The molecule has 1 aliphatic carbocycles. The number of nitrogens with one attached hydrogen (secondary N) is 2. The van der Waals surface area contributed by atoms with Gasteiger partial charge in [0.2, 0.25) is 12.3 Å². The van der Waals surface area contributed by atoms with Crippen molar-refractivity contribution < 1.29 is 9.59 Å². The fraction of sp³-hybridized carbons (Fsp3) is 0.778. The van der Waals surface area contributed by atoms with E-state index in [0.717, 1.165) is 25.7 Å². The molecule has 0 aromatic rings. The molecule has 13 heavy (non-hydrogen) atoms. The molecule has 1 aliphatic rings. The van der Waals surface area contributed by atoms with Crippen LogP contribution in [0, 0.1) is 5.92 Å². The Labute approximate surface area is 78.1 Å². The Morgan fingerprint density at radius 3 is 2.69 bits per heavy atom. The Bertz CT molecular complexity index is 194. The van der Waals surface area contributed by atoms with E-state index in [1.54, 1.807) is 7.05 Å². The van der Waals surface area contributed by atoms with Gasteiger partial charge < -0.3 is 10.6 Å². The summed E-state index contributed by atoms with van der Waals surface area (Å²) in [6.45, 7) is 0. The maximum absolute atomic E-state index is 11.4. The zero-order chi connectivity index (χ0) is 9.68. The van der Waals surface area contributed by atoms with Gasteiger partial charge in [-0.15, -0.1) is 0 Å². The van der Waals surface area contributed by atoms with Crippen molar-refractivity contribution in [3.05, 3.63) is 0 Å².